The summed E-state index contributed by atoms with van der Waals surface area (Å²) in [6.07, 6.45) is 0. The highest BCUT2D eigenvalue weighted by Gasteiger charge is 2.27. The van der Waals surface area contributed by atoms with Crippen molar-refractivity contribution in [3.8, 4) is 0 Å². The van der Waals surface area contributed by atoms with Gasteiger partial charge in [0.05, 0.1) is 11.5 Å². The zero-order chi connectivity index (χ0) is 14.8. The van der Waals surface area contributed by atoms with Gasteiger partial charge in [-0.15, -0.1) is 0 Å². The van der Waals surface area contributed by atoms with E-state index in [1.54, 1.807) is 26.8 Å². The SMILES string of the molecule is CCN(CCO)S(=O)(=O)c1c(C)cc(C)c(N)c1C. The Hall–Kier alpha value is -1.11. The van der Waals surface area contributed by atoms with Gasteiger partial charge in [-0.3, -0.25) is 0 Å². The van der Waals surface area contributed by atoms with Gasteiger partial charge in [-0.25, -0.2) is 8.42 Å². The summed E-state index contributed by atoms with van der Waals surface area (Å²) in [5.74, 6) is 0. The Balaban J connectivity index is 3.49. The molecule has 0 saturated heterocycles. The second-order valence-electron chi connectivity index (χ2n) is 4.60. The lowest BCUT2D eigenvalue weighted by atomic mass is 10.1. The molecule has 108 valence electrons. The quantitative estimate of drug-likeness (QED) is 0.797. The van der Waals surface area contributed by atoms with Gasteiger partial charge in [-0.05, 0) is 37.5 Å². The summed E-state index contributed by atoms with van der Waals surface area (Å²) in [6, 6.07) is 1.78. The maximum Gasteiger partial charge on any atom is 0.243 e. The fourth-order valence-corrected chi connectivity index (χ4v) is 4.15. The number of anilines is 1. The van der Waals surface area contributed by atoms with Gasteiger partial charge in [0.1, 0.15) is 0 Å². The highest BCUT2D eigenvalue weighted by atomic mass is 32.2. The minimum Gasteiger partial charge on any atom is -0.398 e. The molecule has 0 atom stereocenters. The first-order valence-electron chi connectivity index (χ1n) is 6.24. The number of nitrogen functional groups attached to an aromatic ring is 1. The van der Waals surface area contributed by atoms with Gasteiger partial charge < -0.3 is 10.8 Å². The zero-order valence-corrected chi connectivity index (χ0v) is 12.7. The average molecular weight is 286 g/mol. The molecular formula is C13H22N2O3S. The van der Waals surface area contributed by atoms with Crippen LogP contribution in [0, 0.1) is 20.8 Å². The van der Waals surface area contributed by atoms with Crippen LogP contribution in [0.4, 0.5) is 5.69 Å². The number of likely N-dealkylation sites (N-methyl/N-ethyl adjacent to an activating group) is 1. The number of hydrogen-bond acceptors (Lipinski definition) is 4. The van der Waals surface area contributed by atoms with E-state index in [1.165, 1.54) is 4.31 Å². The van der Waals surface area contributed by atoms with Crippen LogP contribution in [0.15, 0.2) is 11.0 Å². The average Bonchev–Trinajstić information content (AvgIpc) is 2.32. The van der Waals surface area contributed by atoms with Crippen LogP contribution in [0.2, 0.25) is 0 Å². The smallest absolute Gasteiger partial charge is 0.243 e. The van der Waals surface area contributed by atoms with Crippen LogP contribution < -0.4 is 5.73 Å². The lowest BCUT2D eigenvalue weighted by Gasteiger charge is -2.23. The highest BCUT2D eigenvalue weighted by molar-refractivity contribution is 7.89. The van der Waals surface area contributed by atoms with E-state index >= 15 is 0 Å². The minimum atomic E-state index is -3.62. The van der Waals surface area contributed by atoms with Crippen molar-refractivity contribution < 1.29 is 13.5 Å². The van der Waals surface area contributed by atoms with Crippen LogP contribution in [0.3, 0.4) is 0 Å². The molecule has 1 rings (SSSR count). The van der Waals surface area contributed by atoms with Crippen LogP contribution in [-0.2, 0) is 10.0 Å². The number of aryl methyl sites for hydroxylation is 2. The van der Waals surface area contributed by atoms with E-state index in [0.717, 1.165) is 5.56 Å². The Morgan fingerprint density at radius 2 is 1.84 bits per heavy atom. The van der Waals surface area contributed by atoms with E-state index in [-0.39, 0.29) is 18.0 Å². The van der Waals surface area contributed by atoms with E-state index < -0.39 is 10.0 Å². The lowest BCUT2D eigenvalue weighted by molar-refractivity contribution is 0.257. The van der Waals surface area contributed by atoms with Crippen molar-refractivity contribution in [1.82, 2.24) is 4.31 Å². The molecule has 0 aliphatic carbocycles. The normalized spacial score (nSPS) is 12.1. The Bertz CT molecular complexity index is 568. The second kappa shape index (κ2) is 5.90. The van der Waals surface area contributed by atoms with Gasteiger partial charge in [-0.2, -0.15) is 4.31 Å². The van der Waals surface area contributed by atoms with E-state index in [0.29, 0.717) is 23.4 Å². The molecule has 0 radical (unpaired) electrons. The monoisotopic (exact) mass is 286 g/mol. The van der Waals surface area contributed by atoms with Crippen molar-refractivity contribution in [2.24, 2.45) is 0 Å². The van der Waals surface area contributed by atoms with E-state index in [1.807, 2.05) is 6.92 Å². The van der Waals surface area contributed by atoms with Gasteiger partial charge in [0.15, 0.2) is 0 Å². The van der Waals surface area contributed by atoms with E-state index in [4.69, 9.17) is 10.8 Å². The Kier molecular flexibility index (Phi) is 4.95. The molecule has 0 aliphatic rings. The van der Waals surface area contributed by atoms with Crippen LogP contribution in [0.5, 0.6) is 0 Å². The van der Waals surface area contributed by atoms with Crippen LogP contribution >= 0.6 is 0 Å². The van der Waals surface area contributed by atoms with Gasteiger partial charge in [0.25, 0.3) is 0 Å². The third kappa shape index (κ3) is 2.91. The number of aliphatic hydroxyl groups is 1. The molecule has 0 bridgehead atoms. The summed E-state index contributed by atoms with van der Waals surface area (Å²) in [7, 11) is -3.62. The first kappa shape index (κ1) is 15.9. The summed E-state index contributed by atoms with van der Waals surface area (Å²) >= 11 is 0. The molecule has 0 heterocycles. The molecule has 0 spiro atoms. The van der Waals surface area contributed by atoms with Crippen LogP contribution in [0.25, 0.3) is 0 Å². The maximum absolute atomic E-state index is 12.6. The molecule has 1 aromatic rings. The lowest BCUT2D eigenvalue weighted by Crippen LogP contribution is -2.34. The summed E-state index contributed by atoms with van der Waals surface area (Å²) in [5.41, 5.74) is 8.57. The largest absolute Gasteiger partial charge is 0.398 e. The third-order valence-corrected chi connectivity index (χ3v) is 5.53. The van der Waals surface area contributed by atoms with E-state index in [2.05, 4.69) is 0 Å². The van der Waals surface area contributed by atoms with Gasteiger partial charge in [0, 0.05) is 18.8 Å². The molecule has 0 fully saturated rings. The number of nitrogens with zero attached hydrogens (tertiary/aromatic N) is 1. The Morgan fingerprint density at radius 1 is 1.26 bits per heavy atom. The molecule has 5 nitrogen and oxygen atoms in total. The zero-order valence-electron chi connectivity index (χ0n) is 11.9. The number of hydrogen-bond donors (Lipinski definition) is 2. The number of rotatable bonds is 5. The molecule has 1 aromatic carbocycles. The predicted octanol–water partition coefficient (Wildman–Crippen LogP) is 1.20. The Morgan fingerprint density at radius 3 is 2.32 bits per heavy atom. The van der Waals surface area contributed by atoms with Crippen molar-refractivity contribution in [3.05, 3.63) is 22.8 Å². The van der Waals surface area contributed by atoms with Crippen LogP contribution in [0.1, 0.15) is 23.6 Å². The topological polar surface area (TPSA) is 83.6 Å². The van der Waals surface area contributed by atoms with Gasteiger partial charge in [-0.1, -0.05) is 13.0 Å². The van der Waals surface area contributed by atoms with E-state index in [9.17, 15) is 8.42 Å². The molecule has 0 unspecified atom stereocenters. The second-order valence-corrected chi connectivity index (χ2v) is 6.47. The summed E-state index contributed by atoms with van der Waals surface area (Å²) in [6.45, 7) is 7.29. The standard InChI is InChI=1S/C13H22N2O3S/c1-5-15(6-7-16)19(17,18)13-10(3)8-9(2)12(14)11(13)4/h8,16H,5-7,14H2,1-4H3. The third-order valence-electron chi connectivity index (χ3n) is 3.26. The Labute approximate surface area is 115 Å². The summed E-state index contributed by atoms with van der Waals surface area (Å²) < 4.78 is 26.5. The molecule has 0 amide bonds. The summed E-state index contributed by atoms with van der Waals surface area (Å²) in [5, 5.41) is 8.98. The first-order valence-corrected chi connectivity index (χ1v) is 7.68. The number of benzene rings is 1. The fourth-order valence-electron chi connectivity index (χ4n) is 2.27. The van der Waals surface area contributed by atoms with Crippen molar-refractivity contribution in [2.75, 3.05) is 25.4 Å². The van der Waals surface area contributed by atoms with Gasteiger partial charge >= 0.3 is 0 Å². The molecule has 0 aromatic heterocycles. The molecule has 0 aliphatic heterocycles. The van der Waals surface area contributed by atoms with Crippen molar-refractivity contribution in [2.45, 2.75) is 32.6 Å². The fraction of sp³-hybridized carbons (Fsp3) is 0.538. The minimum absolute atomic E-state index is 0.0888. The maximum atomic E-state index is 12.6. The first-order chi connectivity index (χ1) is 8.77. The number of sulfonamides is 1. The van der Waals surface area contributed by atoms with Gasteiger partial charge in [0.2, 0.25) is 10.0 Å². The van der Waals surface area contributed by atoms with Crippen molar-refractivity contribution >= 4 is 15.7 Å². The number of aliphatic hydroxyl groups excluding tert-OH is 1. The number of nitrogens with two attached hydrogens (primary N) is 1. The molecule has 0 saturated carbocycles. The molecule has 3 N–H and O–H groups in total. The predicted molar refractivity (Wildman–Crippen MR) is 76.6 cm³/mol. The molecule has 6 heteroatoms. The van der Waals surface area contributed by atoms with Crippen LogP contribution in [-0.4, -0.2) is 37.5 Å². The summed E-state index contributed by atoms with van der Waals surface area (Å²) in [4.78, 5) is 0.255. The van der Waals surface area contributed by atoms with Crippen molar-refractivity contribution in [1.29, 1.82) is 0 Å². The molecular weight excluding hydrogens is 264 g/mol. The highest BCUT2D eigenvalue weighted by Crippen LogP contribution is 2.30. The van der Waals surface area contributed by atoms with Crippen molar-refractivity contribution in [3.63, 3.8) is 0 Å². The molecule has 19 heavy (non-hydrogen) atoms.